The van der Waals surface area contributed by atoms with E-state index in [1.54, 1.807) is 0 Å². The van der Waals surface area contributed by atoms with Crippen LogP contribution in [0.3, 0.4) is 0 Å². The minimum absolute atomic E-state index is 0.874. The molecule has 0 saturated heterocycles. The standard InChI is InChI=1S/C15H27NSi/c1-13-8-9-15(14(2)12-13)16(3)10-7-11-17(4,5)6/h8-9,12H,7,10-11H2,1-6H3. The lowest BCUT2D eigenvalue weighted by atomic mass is 10.1. The van der Waals surface area contributed by atoms with Crippen LogP contribution in [0.5, 0.6) is 0 Å². The maximum atomic E-state index is 2.45. The van der Waals surface area contributed by atoms with E-state index >= 15 is 0 Å². The number of aryl methyl sites for hydroxylation is 2. The summed E-state index contributed by atoms with van der Waals surface area (Å²) in [5.41, 5.74) is 4.12. The molecular formula is C15H27NSi. The Morgan fingerprint density at radius 3 is 2.29 bits per heavy atom. The van der Waals surface area contributed by atoms with Crippen LogP contribution in [0, 0.1) is 13.8 Å². The number of hydrogen-bond acceptors (Lipinski definition) is 1. The molecule has 0 fully saturated rings. The monoisotopic (exact) mass is 249 g/mol. The molecule has 0 heterocycles. The molecule has 17 heavy (non-hydrogen) atoms. The second-order valence-corrected chi connectivity index (χ2v) is 12.0. The van der Waals surface area contributed by atoms with Gasteiger partial charge in [-0.05, 0) is 31.9 Å². The normalized spacial score (nSPS) is 11.6. The Balaban J connectivity index is 2.55. The molecule has 1 aromatic carbocycles. The van der Waals surface area contributed by atoms with Crippen LogP contribution in [0.1, 0.15) is 17.5 Å². The second-order valence-electron chi connectivity index (χ2n) is 6.38. The fraction of sp³-hybridized carbons (Fsp3) is 0.600. The minimum Gasteiger partial charge on any atom is -0.374 e. The highest BCUT2D eigenvalue weighted by molar-refractivity contribution is 6.76. The molecule has 1 aromatic rings. The van der Waals surface area contributed by atoms with Crippen molar-refractivity contribution in [3.05, 3.63) is 29.3 Å². The molecule has 1 rings (SSSR count). The second kappa shape index (κ2) is 5.72. The van der Waals surface area contributed by atoms with Crippen LogP contribution in [0.25, 0.3) is 0 Å². The van der Waals surface area contributed by atoms with Crippen LogP contribution in [-0.2, 0) is 0 Å². The Hall–Kier alpha value is -0.763. The van der Waals surface area contributed by atoms with E-state index in [4.69, 9.17) is 0 Å². The van der Waals surface area contributed by atoms with Gasteiger partial charge in [0.05, 0.1) is 0 Å². The maximum absolute atomic E-state index is 2.45. The van der Waals surface area contributed by atoms with E-state index in [2.05, 4.69) is 63.6 Å². The Morgan fingerprint density at radius 1 is 1.12 bits per heavy atom. The van der Waals surface area contributed by atoms with Crippen molar-refractivity contribution >= 4 is 13.8 Å². The topological polar surface area (TPSA) is 3.24 Å². The summed E-state index contributed by atoms with van der Waals surface area (Å²) in [6, 6.07) is 8.14. The molecule has 0 atom stereocenters. The summed E-state index contributed by atoms with van der Waals surface area (Å²) in [6.07, 6.45) is 1.32. The summed E-state index contributed by atoms with van der Waals surface area (Å²) < 4.78 is 0. The van der Waals surface area contributed by atoms with Crippen molar-refractivity contribution in [2.45, 2.75) is 46.0 Å². The Bertz CT molecular complexity index is 366. The first kappa shape index (κ1) is 14.3. The van der Waals surface area contributed by atoms with E-state index in [-0.39, 0.29) is 0 Å². The smallest absolute Gasteiger partial charge is 0.0443 e. The Kier molecular flexibility index (Phi) is 4.81. The molecule has 0 aromatic heterocycles. The molecule has 0 amide bonds. The van der Waals surface area contributed by atoms with Gasteiger partial charge in [-0.2, -0.15) is 0 Å². The van der Waals surface area contributed by atoms with E-state index in [0.717, 1.165) is 0 Å². The average Bonchev–Trinajstić information content (AvgIpc) is 2.15. The van der Waals surface area contributed by atoms with Crippen LogP contribution in [0.2, 0.25) is 25.7 Å². The van der Waals surface area contributed by atoms with Gasteiger partial charge in [0, 0.05) is 27.4 Å². The van der Waals surface area contributed by atoms with Crippen LogP contribution in [-0.4, -0.2) is 21.7 Å². The summed E-state index contributed by atoms with van der Waals surface area (Å²) in [4.78, 5) is 2.40. The largest absolute Gasteiger partial charge is 0.374 e. The molecule has 0 saturated carbocycles. The summed E-state index contributed by atoms with van der Waals surface area (Å²) in [5.74, 6) is 0. The van der Waals surface area contributed by atoms with Gasteiger partial charge in [0.25, 0.3) is 0 Å². The number of anilines is 1. The lowest BCUT2D eigenvalue weighted by Gasteiger charge is -2.23. The molecule has 0 N–H and O–H groups in total. The van der Waals surface area contributed by atoms with Gasteiger partial charge in [-0.3, -0.25) is 0 Å². The zero-order valence-corrected chi connectivity index (χ0v) is 13.3. The zero-order chi connectivity index (χ0) is 13.1. The average molecular weight is 249 g/mol. The van der Waals surface area contributed by atoms with Gasteiger partial charge in [0.1, 0.15) is 0 Å². The number of nitrogens with zero attached hydrogens (tertiary/aromatic N) is 1. The molecule has 2 heteroatoms. The quantitative estimate of drug-likeness (QED) is 0.696. The predicted molar refractivity (Wildman–Crippen MR) is 82.0 cm³/mol. The van der Waals surface area contributed by atoms with E-state index < -0.39 is 8.07 Å². The predicted octanol–water partition coefficient (Wildman–Crippen LogP) is 4.47. The third kappa shape index (κ3) is 4.94. The minimum atomic E-state index is -0.874. The third-order valence-corrected chi connectivity index (χ3v) is 5.04. The molecule has 0 unspecified atom stereocenters. The van der Waals surface area contributed by atoms with Crippen LogP contribution < -0.4 is 4.90 Å². The molecule has 0 bridgehead atoms. The molecule has 1 nitrogen and oxygen atoms in total. The van der Waals surface area contributed by atoms with Crippen molar-refractivity contribution in [1.82, 2.24) is 0 Å². The van der Waals surface area contributed by atoms with Crippen molar-refractivity contribution in [2.24, 2.45) is 0 Å². The SMILES string of the molecule is Cc1ccc(N(C)CCC[Si](C)(C)C)c(C)c1. The van der Waals surface area contributed by atoms with Crippen molar-refractivity contribution < 1.29 is 0 Å². The Labute approximate surface area is 108 Å². The van der Waals surface area contributed by atoms with E-state index in [0.29, 0.717) is 0 Å². The number of rotatable bonds is 5. The first-order valence-electron chi connectivity index (χ1n) is 6.58. The highest BCUT2D eigenvalue weighted by Gasteiger charge is 2.13. The van der Waals surface area contributed by atoms with Crippen LogP contribution >= 0.6 is 0 Å². The molecular weight excluding hydrogens is 222 g/mol. The zero-order valence-electron chi connectivity index (χ0n) is 12.3. The summed E-state index contributed by atoms with van der Waals surface area (Å²) in [5, 5.41) is 0. The molecule has 96 valence electrons. The molecule has 0 aliphatic carbocycles. The lowest BCUT2D eigenvalue weighted by molar-refractivity contribution is 0.838. The van der Waals surface area contributed by atoms with Crippen LogP contribution in [0.15, 0.2) is 18.2 Å². The van der Waals surface area contributed by atoms with Gasteiger partial charge in [-0.1, -0.05) is 43.4 Å². The fourth-order valence-electron chi connectivity index (χ4n) is 2.20. The maximum Gasteiger partial charge on any atom is 0.0443 e. The van der Waals surface area contributed by atoms with Crippen molar-refractivity contribution in [3.8, 4) is 0 Å². The number of benzene rings is 1. The fourth-order valence-corrected chi connectivity index (χ4v) is 3.42. The van der Waals surface area contributed by atoms with Gasteiger partial charge in [-0.25, -0.2) is 0 Å². The van der Waals surface area contributed by atoms with Gasteiger partial charge in [0.15, 0.2) is 0 Å². The molecule has 0 spiro atoms. The van der Waals surface area contributed by atoms with Gasteiger partial charge in [-0.15, -0.1) is 0 Å². The lowest BCUT2D eigenvalue weighted by Crippen LogP contribution is -2.24. The van der Waals surface area contributed by atoms with E-state index in [1.165, 1.54) is 35.8 Å². The first-order chi connectivity index (χ1) is 7.79. The molecule has 0 radical (unpaired) electrons. The molecule has 0 aliphatic rings. The van der Waals surface area contributed by atoms with Crippen molar-refractivity contribution in [2.75, 3.05) is 18.5 Å². The van der Waals surface area contributed by atoms with Crippen molar-refractivity contribution in [3.63, 3.8) is 0 Å². The van der Waals surface area contributed by atoms with Crippen molar-refractivity contribution in [1.29, 1.82) is 0 Å². The first-order valence-corrected chi connectivity index (χ1v) is 10.3. The van der Waals surface area contributed by atoms with Crippen LogP contribution in [0.4, 0.5) is 5.69 Å². The Morgan fingerprint density at radius 2 is 1.76 bits per heavy atom. The van der Waals surface area contributed by atoms with Gasteiger partial charge in [0.2, 0.25) is 0 Å². The highest BCUT2D eigenvalue weighted by atomic mass is 28.3. The summed E-state index contributed by atoms with van der Waals surface area (Å²) in [6.45, 7) is 12.9. The number of hydrogen-bond donors (Lipinski definition) is 0. The summed E-state index contributed by atoms with van der Waals surface area (Å²) >= 11 is 0. The van der Waals surface area contributed by atoms with Gasteiger partial charge >= 0.3 is 0 Å². The van der Waals surface area contributed by atoms with Gasteiger partial charge < -0.3 is 4.90 Å². The van der Waals surface area contributed by atoms with E-state index in [1.807, 2.05) is 0 Å². The summed E-state index contributed by atoms with van der Waals surface area (Å²) in [7, 11) is 1.34. The van der Waals surface area contributed by atoms with E-state index in [9.17, 15) is 0 Å². The molecule has 0 aliphatic heterocycles. The highest BCUT2D eigenvalue weighted by Crippen LogP contribution is 2.21. The third-order valence-electron chi connectivity index (χ3n) is 3.18.